The molecule has 0 aromatic heterocycles. The summed E-state index contributed by atoms with van der Waals surface area (Å²) in [6.07, 6.45) is 4.30. The van der Waals surface area contributed by atoms with Gasteiger partial charge in [-0.3, -0.25) is 9.69 Å². The highest BCUT2D eigenvalue weighted by Crippen LogP contribution is 2.30. The molecule has 0 aliphatic carbocycles. The SMILES string of the molecule is C#Cc1ccc(N2C[C@H](CC(C)(C(=O)O)S(C)(=O)=O)OC2=O)cc1. The number of anilines is 1. The molecule has 2 rings (SSSR count). The molecule has 1 heterocycles. The molecule has 8 heteroatoms. The molecule has 24 heavy (non-hydrogen) atoms. The molecule has 1 amide bonds. The van der Waals surface area contributed by atoms with Crippen LogP contribution in [0, 0.1) is 12.3 Å². The van der Waals surface area contributed by atoms with Crippen LogP contribution in [-0.4, -0.2) is 49.2 Å². The van der Waals surface area contributed by atoms with Crippen molar-refractivity contribution in [1.29, 1.82) is 0 Å². The Morgan fingerprint density at radius 2 is 2.04 bits per heavy atom. The van der Waals surface area contributed by atoms with Gasteiger partial charge in [-0.05, 0) is 31.2 Å². The number of ether oxygens (including phenoxy) is 1. The number of carbonyl (C=O) groups excluding carboxylic acids is 1. The Bertz CT molecular complexity index is 808. The molecule has 1 aliphatic rings. The lowest BCUT2D eigenvalue weighted by molar-refractivity contribution is -0.140. The second-order valence-electron chi connectivity index (χ2n) is 5.82. The number of cyclic esters (lactones) is 1. The van der Waals surface area contributed by atoms with Gasteiger partial charge in [0.2, 0.25) is 0 Å². The van der Waals surface area contributed by atoms with Crippen LogP contribution in [0.4, 0.5) is 10.5 Å². The Hall–Kier alpha value is -2.53. The maximum atomic E-state index is 12.0. The van der Waals surface area contributed by atoms with E-state index in [0.717, 1.165) is 13.2 Å². The maximum Gasteiger partial charge on any atom is 0.414 e. The van der Waals surface area contributed by atoms with E-state index in [2.05, 4.69) is 5.92 Å². The summed E-state index contributed by atoms with van der Waals surface area (Å²) in [5, 5.41) is 9.28. The first-order valence-electron chi connectivity index (χ1n) is 7.06. The zero-order valence-electron chi connectivity index (χ0n) is 13.2. The summed E-state index contributed by atoms with van der Waals surface area (Å²) in [5.41, 5.74) is 1.19. The predicted octanol–water partition coefficient (Wildman–Crippen LogP) is 1.27. The highest BCUT2D eigenvalue weighted by Gasteiger charge is 2.48. The molecule has 1 aromatic rings. The van der Waals surface area contributed by atoms with Gasteiger partial charge >= 0.3 is 12.1 Å². The van der Waals surface area contributed by atoms with Gasteiger partial charge in [-0.2, -0.15) is 0 Å². The average molecular weight is 351 g/mol. The number of aliphatic carboxylic acids is 1. The molecule has 7 nitrogen and oxygen atoms in total. The van der Waals surface area contributed by atoms with Gasteiger partial charge in [0.25, 0.3) is 0 Å². The topological polar surface area (TPSA) is 101 Å². The van der Waals surface area contributed by atoms with E-state index in [1.165, 1.54) is 4.90 Å². The van der Waals surface area contributed by atoms with Gasteiger partial charge in [0.15, 0.2) is 14.6 Å². The number of hydrogen-bond donors (Lipinski definition) is 1. The smallest absolute Gasteiger partial charge is 0.414 e. The number of carboxylic acid groups (broad SMARTS) is 1. The van der Waals surface area contributed by atoms with Crippen LogP contribution in [0.2, 0.25) is 0 Å². The molecule has 128 valence electrons. The number of carbonyl (C=O) groups is 2. The van der Waals surface area contributed by atoms with E-state index in [-0.39, 0.29) is 13.0 Å². The monoisotopic (exact) mass is 351 g/mol. The third-order valence-electron chi connectivity index (χ3n) is 4.11. The van der Waals surface area contributed by atoms with Crippen LogP contribution in [0.15, 0.2) is 24.3 Å². The van der Waals surface area contributed by atoms with Crippen molar-refractivity contribution in [1.82, 2.24) is 0 Å². The maximum absolute atomic E-state index is 12.0. The Balaban J connectivity index is 2.20. The average Bonchev–Trinajstić information content (AvgIpc) is 2.86. The molecule has 0 bridgehead atoms. The van der Waals surface area contributed by atoms with Crippen LogP contribution in [0.1, 0.15) is 18.9 Å². The third-order valence-corrected chi connectivity index (χ3v) is 6.09. The molecule has 1 N–H and O–H groups in total. The molecule has 1 aromatic carbocycles. The summed E-state index contributed by atoms with van der Waals surface area (Å²) >= 11 is 0. The molecule has 0 spiro atoms. The van der Waals surface area contributed by atoms with Crippen LogP contribution in [0.3, 0.4) is 0 Å². The van der Waals surface area contributed by atoms with Crippen LogP contribution in [-0.2, 0) is 19.4 Å². The zero-order valence-corrected chi connectivity index (χ0v) is 14.0. The second kappa shape index (κ2) is 6.17. The molecule has 0 saturated carbocycles. The van der Waals surface area contributed by atoms with Crippen molar-refractivity contribution >= 4 is 27.6 Å². The van der Waals surface area contributed by atoms with E-state index in [4.69, 9.17) is 11.2 Å². The lowest BCUT2D eigenvalue weighted by Crippen LogP contribution is -2.46. The number of rotatable bonds is 5. The number of terminal acetylenes is 1. The summed E-state index contributed by atoms with van der Waals surface area (Å²) in [7, 11) is -3.89. The Morgan fingerprint density at radius 1 is 1.46 bits per heavy atom. The molecular weight excluding hydrogens is 334 g/mol. The van der Waals surface area contributed by atoms with Crippen molar-refractivity contribution in [3.8, 4) is 12.3 Å². The summed E-state index contributed by atoms with van der Waals surface area (Å²) in [6.45, 7) is 1.18. The zero-order chi connectivity index (χ0) is 18.1. The van der Waals surface area contributed by atoms with Gasteiger partial charge in [-0.1, -0.05) is 5.92 Å². The largest absolute Gasteiger partial charge is 0.480 e. The van der Waals surface area contributed by atoms with Crippen molar-refractivity contribution in [3.05, 3.63) is 29.8 Å². The van der Waals surface area contributed by atoms with Gasteiger partial charge in [-0.15, -0.1) is 6.42 Å². The lowest BCUT2D eigenvalue weighted by atomic mass is 10.0. The number of benzene rings is 1. The highest BCUT2D eigenvalue weighted by atomic mass is 32.2. The first kappa shape index (κ1) is 17.8. The third kappa shape index (κ3) is 3.21. The highest BCUT2D eigenvalue weighted by molar-refractivity contribution is 7.92. The Kier molecular flexibility index (Phi) is 4.58. The van der Waals surface area contributed by atoms with E-state index in [0.29, 0.717) is 11.3 Å². The van der Waals surface area contributed by atoms with E-state index < -0.39 is 32.8 Å². The van der Waals surface area contributed by atoms with E-state index in [1.807, 2.05) is 0 Å². The Labute approximate surface area is 140 Å². The van der Waals surface area contributed by atoms with Gasteiger partial charge in [-0.25, -0.2) is 13.2 Å². The van der Waals surface area contributed by atoms with Gasteiger partial charge in [0, 0.05) is 23.9 Å². The minimum Gasteiger partial charge on any atom is -0.480 e. The molecule has 1 fully saturated rings. The fraction of sp³-hybridized carbons (Fsp3) is 0.375. The molecule has 1 unspecified atom stereocenters. The Morgan fingerprint density at radius 3 is 2.50 bits per heavy atom. The van der Waals surface area contributed by atoms with E-state index >= 15 is 0 Å². The lowest BCUT2D eigenvalue weighted by Gasteiger charge is -2.24. The number of nitrogens with zero attached hydrogens (tertiary/aromatic N) is 1. The van der Waals surface area contributed by atoms with Gasteiger partial charge < -0.3 is 9.84 Å². The van der Waals surface area contributed by atoms with Gasteiger partial charge in [0.05, 0.1) is 6.54 Å². The number of sulfone groups is 1. The van der Waals surface area contributed by atoms with Crippen LogP contribution in [0.25, 0.3) is 0 Å². The normalized spacial score (nSPS) is 20.1. The van der Waals surface area contributed by atoms with Crippen LogP contribution >= 0.6 is 0 Å². The van der Waals surface area contributed by atoms with Crippen LogP contribution < -0.4 is 4.90 Å². The molecule has 0 radical (unpaired) electrons. The number of carboxylic acids is 1. The molecule has 1 aliphatic heterocycles. The summed E-state index contributed by atoms with van der Waals surface area (Å²) < 4.78 is 26.8. The summed E-state index contributed by atoms with van der Waals surface area (Å²) in [5.74, 6) is 0.984. The predicted molar refractivity (Wildman–Crippen MR) is 87.5 cm³/mol. The first-order chi connectivity index (χ1) is 11.1. The fourth-order valence-corrected chi connectivity index (χ4v) is 3.21. The summed E-state index contributed by atoms with van der Waals surface area (Å²) in [4.78, 5) is 24.7. The molecule has 1 saturated heterocycles. The van der Waals surface area contributed by atoms with Gasteiger partial charge in [0.1, 0.15) is 6.10 Å². The summed E-state index contributed by atoms with van der Waals surface area (Å²) in [6, 6.07) is 6.61. The second-order valence-corrected chi connectivity index (χ2v) is 8.27. The first-order valence-corrected chi connectivity index (χ1v) is 8.95. The van der Waals surface area contributed by atoms with Crippen molar-refractivity contribution in [2.45, 2.75) is 24.2 Å². The van der Waals surface area contributed by atoms with Crippen molar-refractivity contribution in [3.63, 3.8) is 0 Å². The van der Waals surface area contributed by atoms with E-state index in [9.17, 15) is 23.1 Å². The standard InChI is InChI=1S/C16H17NO6S/c1-4-11-5-7-12(8-6-11)17-10-13(23-15(17)20)9-16(2,14(18)19)24(3,21)22/h1,5-8,13H,9-10H2,2-3H3,(H,18,19)/t13-,16?/m0/s1. The number of hydrogen-bond acceptors (Lipinski definition) is 5. The van der Waals surface area contributed by atoms with Crippen molar-refractivity contribution in [2.24, 2.45) is 0 Å². The van der Waals surface area contributed by atoms with Crippen molar-refractivity contribution < 1.29 is 27.9 Å². The minimum absolute atomic E-state index is 0.0621. The quantitative estimate of drug-likeness (QED) is 0.802. The van der Waals surface area contributed by atoms with Crippen molar-refractivity contribution in [2.75, 3.05) is 17.7 Å². The van der Waals surface area contributed by atoms with E-state index in [1.54, 1.807) is 24.3 Å². The molecular formula is C16H17NO6S. The minimum atomic E-state index is -3.89. The molecule has 2 atom stereocenters. The fourth-order valence-electron chi connectivity index (χ4n) is 2.41. The van der Waals surface area contributed by atoms with Crippen LogP contribution in [0.5, 0.6) is 0 Å². The number of amides is 1.